The molecule has 2 rings (SSSR count). The Morgan fingerprint density at radius 3 is 2.26 bits per heavy atom. The van der Waals surface area contributed by atoms with E-state index < -0.39 is 0 Å². The predicted octanol–water partition coefficient (Wildman–Crippen LogP) is 5.04. The number of rotatable bonds is 3. The van der Waals surface area contributed by atoms with Gasteiger partial charge >= 0.3 is 0 Å². The summed E-state index contributed by atoms with van der Waals surface area (Å²) in [7, 11) is 0. The van der Waals surface area contributed by atoms with Crippen LogP contribution in [0.1, 0.15) is 27.0 Å². The molecule has 0 radical (unpaired) electrons. The largest absolute Gasteiger partial charge is 0.294 e. The number of carbonyl (C=O) groups is 1. The lowest BCUT2D eigenvalue weighted by atomic mass is 9.95. The van der Waals surface area contributed by atoms with Crippen molar-refractivity contribution in [2.24, 2.45) is 0 Å². The first-order valence-corrected chi connectivity index (χ1v) is 6.78. The number of halogens is 2. The van der Waals surface area contributed by atoms with Crippen LogP contribution in [-0.2, 0) is 6.42 Å². The van der Waals surface area contributed by atoms with Gasteiger partial charge in [-0.1, -0.05) is 41.4 Å². The number of benzene rings is 2. The Morgan fingerprint density at radius 1 is 1.05 bits per heavy atom. The molecule has 0 fully saturated rings. The fourth-order valence-electron chi connectivity index (χ4n) is 2.10. The molecule has 0 saturated heterocycles. The van der Waals surface area contributed by atoms with Gasteiger partial charge in [-0.2, -0.15) is 0 Å². The van der Waals surface area contributed by atoms with Gasteiger partial charge in [-0.15, -0.1) is 0 Å². The van der Waals surface area contributed by atoms with Crippen molar-refractivity contribution in [2.45, 2.75) is 20.3 Å². The highest BCUT2D eigenvalue weighted by Crippen LogP contribution is 2.23. The second kappa shape index (κ2) is 5.77. The summed E-state index contributed by atoms with van der Waals surface area (Å²) >= 11 is 11.9. The van der Waals surface area contributed by atoms with Crippen molar-refractivity contribution in [3.05, 3.63) is 68.7 Å². The minimum atomic E-state index is 0.0130. The van der Waals surface area contributed by atoms with Gasteiger partial charge < -0.3 is 0 Å². The van der Waals surface area contributed by atoms with Crippen LogP contribution in [-0.4, -0.2) is 5.78 Å². The third-order valence-corrected chi connectivity index (χ3v) is 3.76. The van der Waals surface area contributed by atoms with Crippen LogP contribution in [0.3, 0.4) is 0 Å². The Kier molecular flexibility index (Phi) is 4.28. The minimum absolute atomic E-state index is 0.0130. The molecule has 0 spiro atoms. The fourth-order valence-corrected chi connectivity index (χ4v) is 2.61. The molecule has 0 atom stereocenters. The summed E-state index contributed by atoms with van der Waals surface area (Å²) in [6, 6.07) is 11.0. The van der Waals surface area contributed by atoms with E-state index in [1.165, 1.54) is 0 Å². The Hall–Kier alpha value is -1.31. The molecule has 0 bridgehead atoms. The van der Waals surface area contributed by atoms with Crippen LogP contribution in [0, 0.1) is 13.8 Å². The van der Waals surface area contributed by atoms with Gasteiger partial charge in [-0.05, 0) is 48.7 Å². The molecule has 0 aliphatic carbocycles. The van der Waals surface area contributed by atoms with Gasteiger partial charge in [0.2, 0.25) is 0 Å². The van der Waals surface area contributed by atoms with Crippen molar-refractivity contribution in [3.8, 4) is 0 Å². The van der Waals surface area contributed by atoms with Crippen molar-refractivity contribution in [1.29, 1.82) is 0 Å². The van der Waals surface area contributed by atoms with Gasteiger partial charge in [-0.25, -0.2) is 0 Å². The van der Waals surface area contributed by atoms with Crippen molar-refractivity contribution in [3.63, 3.8) is 0 Å². The smallest absolute Gasteiger partial charge is 0.168 e. The molecule has 2 aromatic carbocycles. The Balaban J connectivity index is 2.31. The quantitative estimate of drug-likeness (QED) is 0.725. The number of carbonyl (C=O) groups excluding carboxylic acids is 1. The summed E-state index contributed by atoms with van der Waals surface area (Å²) in [4.78, 5) is 12.3. The molecule has 0 N–H and O–H groups in total. The van der Waals surface area contributed by atoms with Gasteiger partial charge in [0.1, 0.15) is 0 Å². The molecule has 98 valence electrons. The Bertz CT molecular complexity index is 612. The van der Waals surface area contributed by atoms with E-state index in [4.69, 9.17) is 23.2 Å². The van der Waals surface area contributed by atoms with Gasteiger partial charge in [0.15, 0.2) is 5.78 Å². The maximum absolute atomic E-state index is 12.3. The molecule has 0 unspecified atom stereocenters. The summed E-state index contributed by atoms with van der Waals surface area (Å²) in [6.45, 7) is 4.03. The highest BCUT2D eigenvalue weighted by molar-refractivity contribution is 6.36. The van der Waals surface area contributed by atoms with E-state index in [1.54, 1.807) is 18.2 Å². The molecule has 19 heavy (non-hydrogen) atoms. The standard InChI is InChI=1S/C16H14Cl2O/c1-10-4-3-5-11(2)14(10)9-16(19)13-7-6-12(17)8-15(13)18/h3-8H,9H2,1-2H3. The first-order chi connectivity index (χ1) is 8.99. The first kappa shape index (κ1) is 14.1. The highest BCUT2D eigenvalue weighted by atomic mass is 35.5. The average molecular weight is 293 g/mol. The second-order valence-corrected chi connectivity index (χ2v) is 5.44. The summed E-state index contributed by atoms with van der Waals surface area (Å²) in [6.07, 6.45) is 0.361. The molecule has 0 amide bonds. The second-order valence-electron chi connectivity index (χ2n) is 4.59. The van der Waals surface area contributed by atoms with Gasteiger partial charge in [-0.3, -0.25) is 4.79 Å². The van der Waals surface area contributed by atoms with Crippen molar-refractivity contribution in [1.82, 2.24) is 0 Å². The molecule has 0 aliphatic heterocycles. The first-order valence-electron chi connectivity index (χ1n) is 6.02. The molecule has 0 aromatic heterocycles. The number of Topliss-reactive ketones (excluding diaryl/α,β-unsaturated/α-hetero) is 1. The lowest BCUT2D eigenvalue weighted by Gasteiger charge is -2.10. The highest BCUT2D eigenvalue weighted by Gasteiger charge is 2.13. The zero-order valence-electron chi connectivity index (χ0n) is 10.8. The van der Waals surface area contributed by atoms with E-state index in [9.17, 15) is 4.79 Å². The van der Waals surface area contributed by atoms with Crippen molar-refractivity contribution in [2.75, 3.05) is 0 Å². The van der Waals surface area contributed by atoms with Crippen LogP contribution in [0.15, 0.2) is 36.4 Å². The summed E-state index contributed by atoms with van der Waals surface area (Å²) < 4.78 is 0. The SMILES string of the molecule is Cc1cccc(C)c1CC(=O)c1ccc(Cl)cc1Cl. The molecular formula is C16H14Cl2O. The van der Waals surface area contributed by atoms with Crippen LogP contribution < -0.4 is 0 Å². The monoisotopic (exact) mass is 292 g/mol. The van der Waals surface area contributed by atoms with Crippen LogP contribution in [0.4, 0.5) is 0 Å². The molecule has 0 aliphatic rings. The molecule has 2 aromatic rings. The molecule has 3 heteroatoms. The normalized spacial score (nSPS) is 10.5. The predicted molar refractivity (Wildman–Crippen MR) is 80.4 cm³/mol. The van der Waals surface area contributed by atoms with Gasteiger partial charge in [0.25, 0.3) is 0 Å². The minimum Gasteiger partial charge on any atom is -0.294 e. The number of hydrogen-bond acceptors (Lipinski definition) is 1. The number of aryl methyl sites for hydroxylation is 2. The van der Waals surface area contributed by atoms with Gasteiger partial charge in [0.05, 0.1) is 5.02 Å². The maximum Gasteiger partial charge on any atom is 0.168 e. The lowest BCUT2D eigenvalue weighted by molar-refractivity contribution is 0.0992. The van der Waals surface area contributed by atoms with E-state index in [0.717, 1.165) is 16.7 Å². The van der Waals surface area contributed by atoms with Crippen LogP contribution in [0.2, 0.25) is 10.0 Å². The molecule has 1 nitrogen and oxygen atoms in total. The summed E-state index contributed by atoms with van der Waals surface area (Å²) in [5, 5.41) is 0.942. The van der Waals surface area contributed by atoms with Gasteiger partial charge in [0, 0.05) is 17.0 Å². The van der Waals surface area contributed by atoms with E-state index in [0.29, 0.717) is 22.0 Å². The Labute approximate surface area is 123 Å². The number of ketones is 1. The third kappa shape index (κ3) is 3.17. The molecule has 0 saturated carbocycles. The maximum atomic E-state index is 12.3. The van der Waals surface area contributed by atoms with Crippen LogP contribution in [0.25, 0.3) is 0 Å². The molecule has 0 heterocycles. The summed E-state index contributed by atoms with van der Waals surface area (Å²) in [5.74, 6) is 0.0130. The van der Waals surface area contributed by atoms with Crippen LogP contribution in [0.5, 0.6) is 0 Å². The van der Waals surface area contributed by atoms with E-state index in [2.05, 4.69) is 0 Å². The zero-order valence-corrected chi connectivity index (χ0v) is 12.3. The van der Waals surface area contributed by atoms with Crippen LogP contribution >= 0.6 is 23.2 Å². The molecular weight excluding hydrogens is 279 g/mol. The Morgan fingerprint density at radius 2 is 1.68 bits per heavy atom. The number of hydrogen-bond donors (Lipinski definition) is 0. The third-order valence-electron chi connectivity index (χ3n) is 3.21. The van der Waals surface area contributed by atoms with E-state index >= 15 is 0 Å². The average Bonchev–Trinajstić information content (AvgIpc) is 2.33. The fraction of sp³-hybridized carbons (Fsp3) is 0.188. The lowest BCUT2D eigenvalue weighted by Crippen LogP contribution is -2.07. The van der Waals surface area contributed by atoms with Crippen molar-refractivity contribution >= 4 is 29.0 Å². The topological polar surface area (TPSA) is 17.1 Å². The van der Waals surface area contributed by atoms with E-state index in [1.807, 2.05) is 32.0 Å². The van der Waals surface area contributed by atoms with Crippen molar-refractivity contribution < 1.29 is 4.79 Å². The summed E-state index contributed by atoms with van der Waals surface area (Å²) in [5.41, 5.74) is 3.84. The zero-order chi connectivity index (χ0) is 14.0. The van der Waals surface area contributed by atoms with E-state index in [-0.39, 0.29) is 5.78 Å².